The van der Waals surface area contributed by atoms with Crippen molar-refractivity contribution >= 4 is 0 Å². The predicted octanol–water partition coefficient (Wildman–Crippen LogP) is 3.55. The molecule has 74 valence electrons. The molecule has 0 nitrogen and oxygen atoms in total. The zero-order valence-corrected chi connectivity index (χ0v) is 8.71. The summed E-state index contributed by atoms with van der Waals surface area (Å²) in [6.07, 6.45) is 9.70. The molecule has 0 radical (unpaired) electrons. The molecule has 0 aromatic heterocycles. The topological polar surface area (TPSA) is 0 Å². The molecular weight excluding hydrogens is 168 g/mol. The fraction of sp³-hybridized carbons (Fsp3) is 0.714. The standard InChI is InChI=1S/C14H18/c1-2-8-5-11-7-12(8)14-10-4-3-9(6-10)13(11)14/h2,8-11,13H,1,3-7H2. The molecule has 0 aromatic rings. The van der Waals surface area contributed by atoms with Gasteiger partial charge in [-0.05, 0) is 61.7 Å². The van der Waals surface area contributed by atoms with Gasteiger partial charge in [0.15, 0.2) is 0 Å². The first-order valence-corrected chi connectivity index (χ1v) is 6.24. The number of fused-ring (bicyclic) bond motifs is 8. The van der Waals surface area contributed by atoms with Crippen molar-refractivity contribution in [3.8, 4) is 0 Å². The first kappa shape index (κ1) is 7.73. The van der Waals surface area contributed by atoms with Crippen LogP contribution < -0.4 is 0 Å². The van der Waals surface area contributed by atoms with Crippen LogP contribution in [-0.2, 0) is 0 Å². The normalized spacial score (nSPS) is 53.0. The maximum Gasteiger partial charge on any atom is -0.00200 e. The minimum absolute atomic E-state index is 0.783. The van der Waals surface area contributed by atoms with Crippen LogP contribution in [0.1, 0.15) is 32.1 Å². The highest BCUT2D eigenvalue weighted by molar-refractivity contribution is 5.40. The van der Waals surface area contributed by atoms with Crippen molar-refractivity contribution in [1.29, 1.82) is 0 Å². The van der Waals surface area contributed by atoms with Crippen molar-refractivity contribution in [2.24, 2.45) is 29.6 Å². The van der Waals surface area contributed by atoms with Crippen LogP contribution in [-0.4, -0.2) is 0 Å². The van der Waals surface area contributed by atoms with Crippen molar-refractivity contribution in [3.63, 3.8) is 0 Å². The maximum absolute atomic E-state index is 4.00. The first-order valence-electron chi connectivity index (χ1n) is 6.24. The van der Waals surface area contributed by atoms with Gasteiger partial charge in [0.05, 0.1) is 0 Å². The van der Waals surface area contributed by atoms with E-state index in [1.165, 1.54) is 19.3 Å². The Morgan fingerprint density at radius 1 is 1.14 bits per heavy atom. The summed E-state index contributed by atoms with van der Waals surface area (Å²) in [6.45, 7) is 4.00. The molecule has 4 bridgehead atoms. The highest BCUT2D eigenvalue weighted by Crippen LogP contribution is 2.65. The Morgan fingerprint density at radius 3 is 2.93 bits per heavy atom. The van der Waals surface area contributed by atoms with Crippen molar-refractivity contribution in [3.05, 3.63) is 23.8 Å². The Morgan fingerprint density at radius 2 is 2.07 bits per heavy atom. The number of allylic oxidation sites excluding steroid dienone is 3. The van der Waals surface area contributed by atoms with Gasteiger partial charge in [0, 0.05) is 0 Å². The Hall–Kier alpha value is -0.520. The van der Waals surface area contributed by atoms with Crippen LogP contribution in [0, 0.1) is 29.6 Å². The third-order valence-corrected chi connectivity index (χ3v) is 5.43. The Labute approximate surface area is 86.1 Å². The second-order valence-electron chi connectivity index (χ2n) is 5.82. The minimum atomic E-state index is 0.783. The molecule has 0 heterocycles. The average molecular weight is 186 g/mol. The SMILES string of the molecule is C=CC1CC2CC1=C1C3CCC(C3)C12. The summed E-state index contributed by atoms with van der Waals surface area (Å²) in [5, 5.41) is 0. The van der Waals surface area contributed by atoms with Gasteiger partial charge in [-0.2, -0.15) is 0 Å². The largest absolute Gasteiger partial charge is 0.102 e. The quantitative estimate of drug-likeness (QED) is 0.549. The summed E-state index contributed by atoms with van der Waals surface area (Å²) in [7, 11) is 0. The average Bonchev–Trinajstić information content (AvgIpc) is 2.94. The van der Waals surface area contributed by atoms with Crippen LogP contribution in [0.2, 0.25) is 0 Å². The lowest BCUT2D eigenvalue weighted by Gasteiger charge is -2.30. The first-order chi connectivity index (χ1) is 6.88. The summed E-state index contributed by atoms with van der Waals surface area (Å²) in [4.78, 5) is 0. The molecule has 0 heteroatoms. The van der Waals surface area contributed by atoms with Crippen LogP contribution in [0.3, 0.4) is 0 Å². The lowest BCUT2D eigenvalue weighted by atomic mass is 9.74. The minimum Gasteiger partial charge on any atom is -0.102 e. The van der Waals surface area contributed by atoms with E-state index in [9.17, 15) is 0 Å². The number of hydrogen-bond donors (Lipinski definition) is 0. The summed E-state index contributed by atoms with van der Waals surface area (Å²) in [5.41, 5.74) is 3.80. The van der Waals surface area contributed by atoms with Crippen molar-refractivity contribution in [2.75, 3.05) is 0 Å². The number of hydrogen-bond acceptors (Lipinski definition) is 0. The maximum atomic E-state index is 4.00. The molecule has 0 spiro atoms. The molecular formula is C14H18. The molecule has 0 N–H and O–H groups in total. The fourth-order valence-corrected chi connectivity index (χ4v) is 5.10. The van der Waals surface area contributed by atoms with Gasteiger partial charge < -0.3 is 0 Å². The van der Waals surface area contributed by atoms with Crippen LogP contribution >= 0.6 is 0 Å². The van der Waals surface area contributed by atoms with E-state index in [4.69, 9.17) is 0 Å². The predicted molar refractivity (Wildman–Crippen MR) is 57.8 cm³/mol. The highest BCUT2D eigenvalue weighted by atomic mass is 14.6. The monoisotopic (exact) mass is 186 g/mol. The second-order valence-corrected chi connectivity index (χ2v) is 5.82. The molecule has 3 fully saturated rings. The number of rotatable bonds is 1. The lowest BCUT2D eigenvalue weighted by Crippen LogP contribution is -2.21. The van der Waals surface area contributed by atoms with E-state index in [1.54, 1.807) is 12.8 Å². The molecule has 14 heavy (non-hydrogen) atoms. The molecule has 5 unspecified atom stereocenters. The third kappa shape index (κ3) is 0.699. The third-order valence-electron chi connectivity index (χ3n) is 5.43. The molecule has 4 aliphatic carbocycles. The summed E-state index contributed by atoms with van der Waals surface area (Å²) in [5.74, 6) is 5.00. The van der Waals surface area contributed by atoms with Gasteiger partial charge in [-0.3, -0.25) is 0 Å². The fourth-order valence-electron chi connectivity index (χ4n) is 5.10. The highest BCUT2D eigenvalue weighted by Gasteiger charge is 2.54. The van der Waals surface area contributed by atoms with Crippen molar-refractivity contribution in [2.45, 2.75) is 32.1 Å². The Bertz CT molecular complexity index is 336. The van der Waals surface area contributed by atoms with Gasteiger partial charge >= 0.3 is 0 Å². The zero-order chi connectivity index (χ0) is 9.28. The Kier molecular flexibility index (Phi) is 1.30. The van der Waals surface area contributed by atoms with Crippen LogP contribution in [0.25, 0.3) is 0 Å². The van der Waals surface area contributed by atoms with E-state index >= 15 is 0 Å². The van der Waals surface area contributed by atoms with Gasteiger partial charge in [0.25, 0.3) is 0 Å². The molecule has 0 saturated heterocycles. The van der Waals surface area contributed by atoms with E-state index in [2.05, 4.69) is 12.7 Å². The molecule has 3 saturated carbocycles. The molecule has 0 amide bonds. The van der Waals surface area contributed by atoms with Gasteiger partial charge in [0.2, 0.25) is 0 Å². The van der Waals surface area contributed by atoms with Crippen molar-refractivity contribution < 1.29 is 0 Å². The second kappa shape index (κ2) is 2.35. The summed E-state index contributed by atoms with van der Waals surface area (Å²) >= 11 is 0. The molecule has 0 aromatic carbocycles. The van der Waals surface area contributed by atoms with E-state index in [-0.39, 0.29) is 0 Å². The summed E-state index contributed by atoms with van der Waals surface area (Å²) in [6, 6.07) is 0. The molecule has 0 aliphatic heterocycles. The summed E-state index contributed by atoms with van der Waals surface area (Å²) < 4.78 is 0. The zero-order valence-electron chi connectivity index (χ0n) is 8.71. The van der Waals surface area contributed by atoms with E-state index in [0.717, 1.165) is 29.6 Å². The van der Waals surface area contributed by atoms with E-state index in [0.29, 0.717) is 0 Å². The van der Waals surface area contributed by atoms with Gasteiger partial charge in [-0.15, -0.1) is 6.58 Å². The smallest absolute Gasteiger partial charge is 0.00200 e. The van der Waals surface area contributed by atoms with Crippen LogP contribution in [0.5, 0.6) is 0 Å². The molecule has 4 aliphatic rings. The van der Waals surface area contributed by atoms with Crippen LogP contribution in [0.4, 0.5) is 0 Å². The molecule has 5 atom stereocenters. The van der Waals surface area contributed by atoms with Gasteiger partial charge in [0.1, 0.15) is 0 Å². The van der Waals surface area contributed by atoms with Crippen molar-refractivity contribution in [1.82, 2.24) is 0 Å². The van der Waals surface area contributed by atoms with E-state index < -0.39 is 0 Å². The Balaban J connectivity index is 1.85. The van der Waals surface area contributed by atoms with Crippen LogP contribution in [0.15, 0.2) is 23.8 Å². The van der Waals surface area contributed by atoms with E-state index in [1.807, 2.05) is 11.1 Å². The molecule has 4 rings (SSSR count). The lowest BCUT2D eigenvalue weighted by molar-refractivity contribution is 0.288. The van der Waals surface area contributed by atoms with Gasteiger partial charge in [-0.1, -0.05) is 17.2 Å². The van der Waals surface area contributed by atoms with Gasteiger partial charge in [-0.25, -0.2) is 0 Å².